The summed E-state index contributed by atoms with van der Waals surface area (Å²) in [6, 6.07) is 8.26. The van der Waals surface area contributed by atoms with E-state index in [0.717, 1.165) is 18.5 Å². The van der Waals surface area contributed by atoms with Crippen molar-refractivity contribution in [2.24, 2.45) is 13.0 Å². The van der Waals surface area contributed by atoms with Gasteiger partial charge in [-0.05, 0) is 30.9 Å². The Morgan fingerprint density at radius 3 is 2.70 bits per heavy atom. The number of para-hydroxylation sites is 1. The van der Waals surface area contributed by atoms with Crippen LogP contribution in [0, 0.1) is 12.8 Å². The molecule has 20 heavy (non-hydrogen) atoms. The van der Waals surface area contributed by atoms with E-state index in [2.05, 4.69) is 49.8 Å². The molecule has 1 N–H and O–H groups in total. The van der Waals surface area contributed by atoms with Crippen LogP contribution < -0.4 is 5.32 Å². The summed E-state index contributed by atoms with van der Waals surface area (Å²) in [4.78, 5) is 12.1. The summed E-state index contributed by atoms with van der Waals surface area (Å²) >= 11 is 0. The molecule has 0 unspecified atom stereocenters. The Morgan fingerprint density at radius 1 is 1.30 bits per heavy atom. The van der Waals surface area contributed by atoms with Crippen LogP contribution in [0.15, 0.2) is 24.3 Å². The van der Waals surface area contributed by atoms with Crippen molar-refractivity contribution in [3.8, 4) is 0 Å². The van der Waals surface area contributed by atoms with Gasteiger partial charge in [0.1, 0.15) is 0 Å². The number of amides is 1. The monoisotopic (exact) mass is 272 g/mol. The molecule has 1 aromatic carbocycles. The maximum atomic E-state index is 12.1. The quantitative estimate of drug-likeness (QED) is 0.891. The smallest absolute Gasteiger partial charge is 0.224 e. The number of carbonyl (C=O) groups excluding carboxylic acids is 1. The number of fused-ring (bicyclic) bond motifs is 1. The fourth-order valence-corrected chi connectivity index (χ4v) is 2.55. The zero-order chi connectivity index (χ0) is 14.7. The summed E-state index contributed by atoms with van der Waals surface area (Å²) in [6.07, 6.45) is 1.49. The number of hydrogen-bond acceptors (Lipinski definition) is 1. The van der Waals surface area contributed by atoms with Crippen LogP contribution in [0.1, 0.15) is 31.5 Å². The SMILES string of the molecule is Cc1c(CC(=O)NCCC(C)C)c2ccccc2n1C. The van der Waals surface area contributed by atoms with Crippen molar-refractivity contribution in [1.29, 1.82) is 0 Å². The first-order valence-electron chi connectivity index (χ1n) is 7.30. The Balaban J connectivity index is 2.13. The van der Waals surface area contributed by atoms with E-state index in [1.807, 2.05) is 12.1 Å². The van der Waals surface area contributed by atoms with Crippen LogP contribution in [0.5, 0.6) is 0 Å². The van der Waals surface area contributed by atoms with Gasteiger partial charge in [0.15, 0.2) is 0 Å². The number of nitrogens with zero attached hydrogens (tertiary/aromatic N) is 1. The largest absolute Gasteiger partial charge is 0.356 e. The fourth-order valence-electron chi connectivity index (χ4n) is 2.55. The van der Waals surface area contributed by atoms with Gasteiger partial charge in [0.05, 0.1) is 6.42 Å². The summed E-state index contributed by atoms with van der Waals surface area (Å²) in [5.41, 5.74) is 3.50. The Morgan fingerprint density at radius 2 is 2.00 bits per heavy atom. The van der Waals surface area contributed by atoms with Crippen LogP contribution in [0.4, 0.5) is 0 Å². The number of nitrogens with one attached hydrogen (secondary N) is 1. The van der Waals surface area contributed by atoms with E-state index in [9.17, 15) is 4.79 Å². The van der Waals surface area contributed by atoms with Gasteiger partial charge in [-0.15, -0.1) is 0 Å². The predicted molar refractivity (Wildman–Crippen MR) is 83.8 cm³/mol. The number of rotatable bonds is 5. The molecule has 0 atom stereocenters. The average Bonchev–Trinajstić information content (AvgIpc) is 2.64. The normalized spacial score (nSPS) is 11.2. The molecule has 0 aliphatic rings. The standard InChI is InChI=1S/C17H24N2O/c1-12(2)9-10-18-17(20)11-15-13(3)19(4)16-8-6-5-7-14(15)16/h5-8,12H,9-11H2,1-4H3,(H,18,20). The molecule has 0 saturated heterocycles. The second kappa shape index (κ2) is 6.12. The molecule has 0 bridgehead atoms. The lowest BCUT2D eigenvalue weighted by Crippen LogP contribution is -2.27. The van der Waals surface area contributed by atoms with Crippen molar-refractivity contribution >= 4 is 16.8 Å². The highest BCUT2D eigenvalue weighted by Crippen LogP contribution is 2.25. The number of carbonyl (C=O) groups is 1. The average molecular weight is 272 g/mol. The molecular formula is C17H24N2O. The van der Waals surface area contributed by atoms with E-state index < -0.39 is 0 Å². The van der Waals surface area contributed by atoms with Gasteiger partial charge in [-0.3, -0.25) is 4.79 Å². The maximum Gasteiger partial charge on any atom is 0.224 e. The third-order valence-electron chi connectivity index (χ3n) is 3.91. The van der Waals surface area contributed by atoms with Crippen molar-refractivity contribution in [3.63, 3.8) is 0 Å². The summed E-state index contributed by atoms with van der Waals surface area (Å²) in [7, 11) is 2.05. The molecule has 3 heteroatoms. The van der Waals surface area contributed by atoms with Crippen LogP contribution >= 0.6 is 0 Å². The molecule has 0 saturated carbocycles. The first-order valence-corrected chi connectivity index (χ1v) is 7.30. The van der Waals surface area contributed by atoms with Gasteiger partial charge in [-0.1, -0.05) is 32.0 Å². The highest BCUT2D eigenvalue weighted by Gasteiger charge is 2.14. The van der Waals surface area contributed by atoms with Crippen molar-refractivity contribution in [2.75, 3.05) is 6.54 Å². The minimum Gasteiger partial charge on any atom is -0.356 e. The van der Waals surface area contributed by atoms with E-state index in [-0.39, 0.29) is 5.91 Å². The van der Waals surface area contributed by atoms with Crippen molar-refractivity contribution in [1.82, 2.24) is 9.88 Å². The van der Waals surface area contributed by atoms with Crippen molar-refractivity contribution in [2.45, 2.75) is 33.6 Å². The highest BCUT2D eigenvalue weighted by molar-refractivity contribution is 5.90. The van der Waals surface area contributed by atoms with Gasteiger partial charge < -0.3 is 9.88 Å². The first-order chi connectivity index (χ1) is 9.50. The predicted octanol–water partition coefficient (Wildman–Crippen LogP) is 3.19. The molecule has 1 amide bonds. The van der Waals surface area contributed by atoms with Gasteiger partial charge in [0.2, 0.25) is 5.91 Å². The maximum absolute atomic E-state index is 12.1. The lowest BCUT2D eigenvalue weighted by Gasteiger charge is -2.07. The second-order valence-electron chi connectivity index (χ2n) is 5.85. The molecular weight excluding hydrogens is 248 g/mol. The van der Waals surface area contributed by atoms with Crippen molar-refractivity contribution in [3.05, 3.63) is 35.5 Å². The van der Waals surface area contributed by atoms with Gasteiger partial charge in [-0.25, -0.2) is 0 Å². The lowest BCUT2D eigenvalue weighted by molar-refractivity contribution is -0.120. The lowest BCUT2D eigenvalue weighted by atomic mass is 10.1. The first kappa shape index (κ1) is 14.6. The van der Waals surface area contributed by atoms with Crippen LogP contribution in [0.2, 0.25) is 0 Å². The zero-order valence-electron chi connectivity index (χ0n) is 12.9. The number of aryl methyl sites for hydroxylation is 1. The topological polar surface area (TPSA) is 34.0 Å². The van der Waals surface area contributed by atoms with Gasteiger partial charge >= 0.3 is 0 Å². The summed E-state index contributed by atoms with van der Waals surface area (Å²) in [5, 5.41) is 4.20. The molecule has 1 aromatic heterocycles. The minimum absolute atomic E-state index is 0.116. The molecule has 2 aromatic rings. The molecule has 0 radical (unpaired) electrons. The molecule has 3 nitrogen and oxygen atoms in total. The number of hydrogen-bond donors (Lipinski definition) is 1. The Hall–Kier alpha value is -1.77. The van der Waals surface area contributed by atoms with E-state index >= 15 is 0 Å². The van der Waals surface area contributed by atoms with Crippen LogP contribution in [0.25, 0.3) is 10.9 Å². The molecule has 1 heterocycles. The number of aromatic nitrogens is 1. The van der Waals surface area contributed by atoms with Crippen LogP contribution in [0.3, 0.4) is 0 Å². The van der Waals surface area contributed by atoms with Gasteiger partial charge in [0, 0.05) is 30.2 Å². The molecule has 108 valence electrons. The van der Waals surface area contributed by atoms with E-state index in [1.165, 1.54) is 16.6 Å². The van der Waals surface area contributed by atoms with E-state index in [4.69, 9.17) is 0 Å². The van der Waals surface area contributed by atoms with Crippen molar-refractivity contribution < 1.29 is 4.79 Å². The summed E-state index contributed by atoms with van der Waals surface area (Å²) in [5.74, 6) is 0.736. The summed E-state index contributed by atoms with van der Waals surface area (Å²) in [6.45, 7) is 7.18. The second-order valence-corrected chi connectivity index (χ2v) is 5.85. The fraction of sp³-hybridized carbons (Fsp3) is 0.471. The molecule has 0 fully saturated rings. The Bertz CT molecular complexity index is 611. The van der Waals surface area contributed by atoms with E-state index in [1.54, 1.807) is 0 Å². The van der Waals surface area contributed by atoms with E-state index in [0.29, 0.717) is 12.3 Å². The minimum atomic E-state index is 0.116. The van der Waals surface area contributed by atoms with Gasteiger partial charge in [-0.2, -0.15) is 0 Å². The van der Waals surface area contributed by atoms with Crippen LogP contribution in [-0.4, -0.2) is 17.0 Å². The molecule has 0 aliphatic carbocycles. The van der Waals surface area contributed by atoms with Gasteiger partial charge in [0.25, 0.3) is 0 Å². The molecule has 0 spiro atoms. The highest BCUT2D eigenvalue weighted by atomic mass is 16.1. The third-order valence-corrected chi connectivity index (χ3v) is 3.91. The third kappa shape index (κ3) is 3.03. The Labute approximate surface area is 121 Å². The number of benzene rings is 1. The van der Waals surface area contributed by atoms with Crippen LogP contribution in [-0.2, 0) is 18.3 Å². The zero-order valence-corrected chi connectivity index (χ0v) is 12.9. The molecule has 2 rings (SSSR count). The molecule has 0 aliphatic heterocycles. The Kier molecular flexibility index (Phi) is 4.48. The summed E-state index contributed by atoms with van der Waals surface area (Å²) < 4.78 is 2.16.